The molecule has 27 heavy (non-hydrogen) atoms. The lowest BCUT2D eigenvalue weighted by Gasteiger charge is -2.33. The van der Waals surface area contributed by atoms with Gasteiger partial charge in [-0.2, -0.15) is 0 Å². The molecular weight excluding hydrogens is 338 g/mol. The average Bonchev–Trinajstić information content (AvgIpc) is 2.73. The van der Waals surface area contributed by atoms with Crippen LogP contribution < -0.4 is 10.1 Å². The number of amides is 1. The molecule has 150 valence electrons. The lowest BCUT2D eigenvalue weighted by atomic mass is 9.82. The van der Waals surface area contributed by atoms with E-state index >= 15 is 0 Å². The molecule has 0 bridgehead atoms. The summed E-state index contributed by atoms with van der Waals surface area (Å²) in [6.45, 7) is 3.93. The second-order valence-corrected chi connectivity index (χ2v) is 8.18. The van der Waals surface area contributed by atoms with Gasteiger partial charge in [0, 0.05) is 19.3 Å². The number of piperidine rings is 1. The Hall–Kier alpha value is -1.62. The second-order valence-electron chi connectivity index (χ2n) is 8.18. The van der Waals surface area contributed by atoms with Crippen LogP contribution in [0.3, 0.4) is 0 Å². The molecule has 5 nitrogen and oxygen atoms in total. The Morgan fingerprint density at radius 1 is 1.15 bits per heavy atom. The molecule has 1 aromatic rings. The second kappa shape index (κ2) is 10.6. The van der Waals surface area contributed by atoms with Gasteiger partial charge in [0.15, 0.2) is 0 Å². The molecule has 0 unspecified atom stereocenters. The molecule has 1 N–H and O–H groups in total. The Morgan fingerprint density at radius 3 is 2.56 bits per heavy atom. The summed E-state index contributed by atoms with van der Waals surface area (Å²) in [4.78, 5) is 18.9. The SMILES string of the molecule is COc1ncccc1C(=O)NCCN1CCC(CCC2CCCCC2)CC1. The van der Waals surface area contributed by atoms with Gasteiger partial charge in [-0.25, -0.2) is 4.98 Å². The third-order valence-electron chi connectivity index (χ3n) is 6.34. The minimum atomic E-state index is -0.109. The van der Waals surface area contributed by atoms with E-state index in [1.165, 1.54) is 78.0 Å². The highest BCUT2D eigenvalue weighted by atomic mass is 16.5. The smallest absolute Gasteiger partial charge is 0.256 e. The van der Waals surface area contributed by atoms with E-state index in [0.717, 1.165) is 18.4 Å². The van der Waals surface area contributed by atoms with Gasteiger partial charge in [-0.15, -0.1) is 0 Å². The number of nitrogens with one attached hydrogen (secondary N) is 1. The lowest BCUT2D eigenvalue weighted by Crippen LogP contribution is -2.39. The number of carbonyl (C=O) groups is 1. The van der Waals surface area contributed by atoms with Gasteiger partial charge in [-0.05, 0) is 49.9 Å². The van der Waals surface area contributed by atoms with Crippen LogP contribution in [-0.2, 0) is 0 Å². The van der Waals surface area contributed by atoms with Crippen molar-refractivity contribution >= 4 is 5.91 Å². The van der Waals surface area contributed by atoms with Crippen molar-refractivity contribution in [3.8, 4) is 5.88 Å². The van der Waals surface area contributed by atoms with E-state index in [4.69, 9.17) is 4.74 Å². The fourth-order valence-corrected chi connectivity index (χ4v) is 4.60. The first-order valence-corrected chi connectivity index (χ1v) is 10.8. The number of carbonyl (C=O) groups excluding carboxylic acids is 1. The summed E-state index contributed by atoms with van der Waals surface area (Å²) in [6.07, 6.45) is 14.5. The first kappa shape index (κ1) is 20.1. The third-order valence-corrected chi connectivity index (χ3v) is 6.34. The number of ether oxygens (including phenoxy) is 1. The number of pyridine rings is 1. The molecule has 5 heteroatoms. The Bertz CT molecular complexity index is 579. The maximum Gasteiger partial charge on any atom is 0.256 e. The maximum atomic E-state index is 12.3. The third kappa shape index (κ3) is 6.20. The van der Waals surface area contributed by atoms with E-state index in [1.54, 1.807) is 18.3 Å². The summed E-state index contributed by atoms with van der Waals surface area (Å²) in [5.74, 6) is 2.20. The van der Waals surface area contributed by atoms with Gasteiger partial charge in [0.05, 0.1) is 7.11 Å². The molecule has 0 aromatic carbocycles. The zero-order chi connectivity index (χ0) is 18.9. The molecule has 1 aliphatic heterocycles. The normalized spacial score (nSPS) is 19.7. The number of rotatable bonds is 8. The van der Waals surface area contributed by atoms with Crippen LogP contribution in [0.2, 0.25) is 0 Å². The highest BCUT2D eigenvalue weighted by molar-refractivity contribution is 5.96. The van der Waals surface area contributed by atoms with Gasteiger partial charge in [-0.3, -0.25) is 4.79 Å². The summed E-state index contributed by atoms with van der Waals surface area (Å²) in [5, 5.41) is 3.00. The number of methoxy groups -OCH3 is 1. The highest BCUT2D eigenvalue weighted by Crippen LogP contribution is 2.31. The monoisotopic (exact) mass is 373 g/mol. The van der Waals surface area contributed by atoms with Gasteiger partial charge in [0.1, 0.15) is 5.56 Å². The van der Waals surface area contributed by atoms with Gasteiger partial charge >= 0.3 is 0 Å². The van der Waals surface area contributed by atoms with Crippen molar-refractivity contribution in [1.29, 1.82) is 0 Å². The van der Waals surface area contributed by atoms with E-state index in [2.05, 4.69) is 15.2 Å². The van der Waals surface area contributed by atoms with Crippen LogP contribution in [0.25, 0.3) is 0 Å². The first-order chi connectivity index (χ1) is 13.3. The van der Waals surface area contributed by atoms with E-state index in [9.17, 15) is 4.79 Å². The lowest BCUT2D eigenvalue weighted by molar-refractivity contribution is 0.0939. The van der Waals surface area contributed by atoms with E-state index in [0.29, 0.717) is 18.0 Å². The molecule has 2 heterocycles. The number of hydrogen-bond donors (Lipinski definition) is 1. The number of hydrogen-bond acceptors (Lipinski definition) is 4. The van der Waals surface area contributed by atoms with Crippen molar-refractivity contribution in [3.63, 3.8) is 0 Å². The standard InChI is InChI=1S/C22H35N3O2/c1-27-22-20(8-5-13-24-22)21(26)23-14-17-25-15-11-19(12-16-25)10-9-18-6-3-2-4-7-18/h5,8,13,18-19H,2-4,6-7,9-12,14-17H2,1H3,(H,23,26). The van der Waals surface area contributed by atoms with Crippen molar-refractivity contribution in [2.75, 3.05) is 33.3 Å². The van der Waals surface area contributed by atoms with Gasteiger partial charge < -0.3 is 15.0 Å². The van der Waals surface area contributed by atoms with E-state index in [-0.39, 0.29) is 5.91 Å². The minimum Gasteiger partial charge on any atom is -0.480 e. The van der Waals surface area contributed by atoms with Crippen molar-refractivity contribution in [2.45, 2.75) is 57.8 Å². The van der Waals surface area contributed by atoms with Crippen molar-refractivity contribution in [1.82, 2.24) is 15.2 Å². The molecule has 1 aliphatic carbocycles. The maximum absolute atomic E-state index is 12.3. The summed E-state index contributed by atoms with van der Waals surface area (Å²) in [6, 6.07) is 3.51. The van der Waals surface area contributed by atoms with E-state index < -0.39 is 0 Å². The summed E-state index contributed by atoms with van der Waals surface area (Å²) in [5.41, 5.74) is 0.501. The van der Waals surface area contributed by atoms with Crippen LogP contribution in [0.4, 0.5) is 0 Å². The molecule has 1 saturated heterocycles. The fraction of sp³-hybridized carbons (Fsp3) is 0.727. The Morgan fingerprint density at radius 2 is 1.85 bits per heavy atom. The van der Waals surface area contributed by atoms with Crippen LogP contribution in [-0.4, -0.2) is 49.1 Å². The Kier molecular flexibility index (Phi) is 7.93. The molecule has 1 aromatic heterocycles. The molecular formula is C22H35N3O2. The van der Waals surface area contributed by atoms with E-state index in [1.807, 2.05) is 0 Å². The van der Waals surface area contributed by atoms with Crippen molar-refractivity contribution in [3.05, 3.63) is 23.9 Å². The number of likely N-dealkylation sites (tertiary alicyclic amines) is 1. The zero-order valence-corrected chi connectivity index (χ0v) is 16.8. The van der Waals surface area contributed by atoms with Gasteiger partial charge in [0.25, 0.3) is 5.91 Å². The molecule has 1 saturated carbocycles. The molecule has 3 rings (SSSR count). The largest absolute Gasteiger partial charge is 0.480 e. The molecule has 2 aliphatic rings. The predicted molar refractivity (Wildman–Crippen MR) is 108 cm³/mol. The fourth-order valence-electron chi connectivity index (χ4n) is 4.60. The van der Waals surface area contributed by atoms with Crippen LogP contribution in [0, 0.1) is 11.8 Å². The topological polar surface area (TPSA) is 54.5 Å². The van der Waals surface area contributed by atoms with Crippen molar-refractivity contribution < 1.29 is 9.53 Å². The summed E-state index contributed by atoms with van der Waals surface area (Å²) in [7, 11) is 1.54. The van der Waals surface area contributed by atoms with Crippen LogP contribution >= 0.6 is 0 Å². The molecule has 1 amide bonds. The molecule has 0 radical (unpaired) electrons. The number of aromatic nitrogens is 1. The summed E-state index contributed by atoms with van der Waals surface area (Å²) >= 11 is 0. The van der Waals surface area contributed by atoms with Gasteiger partial charge in [0.2, 0.25) is 5.88 Å². The highest BCUT2D eigenvalue weighted by Gasteiger charge is 2.21. The molecule has 0 spiro atoms. The zero-order valence-electron chi connectivity index (χ0n) is 16.8. The molecule has 0 atom stereocenters. The summed E-state index contributed by atoms with van der Waals surface area (Å²) < 4.78 is 5.16. The quantitative estimate of drug-likeness (QED) is 0.751. The van der Waals surface area contributed by atoms with Crippen molar-refractivity contribution in [2.24, 2.45) is 11.8 Å². The Balaban J connectivity index is 1.31. The van der Waals surface area contributed by atoms with Crippen LogP contribution in [0.1, 0.15) is 68.1 Å². The predicted octanol–water partition coefficient (Wildman–Crippen LogP) is 3.89. The van der Waals surface area contributed by atoms with Crippen LogP contribution in [0.5, 0.6) is 5.88 Å². The van der Waals surface area contributed by atoms with Gasteiger partial charge in [-0.1, -0.05) is 44.9 Å². The molecule has 2 fully saturated rings. The number of nitrogens with zero attached hydrogens (tertiary/aromatic N) is 2. The average molecular weight is 374 g/mol. The van der Waals surface area contributed by atoms with Crippen LogP contribution in [0.15, 0.2) is 18.3 Å². The Labute approximate surface area is 163 Å². The first-order valence-electron chi connectivity index (χ1n) is 10.8. The minimum absolute atomic E-state index is 0.109.